The highest BCUT2D eigenvalue weighted by Crippen LogP contribution is 2.26. The maximum atomic E-state index is 11.7. The number of aliphatic hydroxyl groups excluding tert-OH is 1. The Bertz CT molecular complexity index is 486. The van der Waals surface area contributed by atoms with Crippen molar-refractivity contribution in [1.82, 2.24) is 4.90 Å². The van der Waals surface area contributed by atoms with E-state index in [0.717, 1.165) is 16.2 Å². The number of nitrogens with zero attached hydrogens (tertiary/aromatic N) is 2. The Kier molecular flexibility index (Phi) is 3.82. The lowest BCUT2D eigenvalue weighted by Crippen LogP contribution is -2.52. The predicted molar refractivity (Wildman–Crippen MR) is 70.4 cm³/mol. The van der Waals surface area contributed by atoms with Gasteiger partial charge >= 0.3 is 0 Å². The lowest BCUT2D eigenvalue weighted by molar-refractivity contribution is -0.143. The minimum absolute atomic E-state index is 0.136. The number of piperazine rings is 1. The molecule has 6 heteroatoms. The summed E-state index contributed by atoms with van der Waals surface area (Å²) in [4.78, 5) is 26.3. The van der Waals surface area contributed by atoms with Gasteiger partial charge in [0, 0.05) is 12.7 Å². The van der Waals surface area contributed by atoms with E-state index in [1.165, 1.54) is 7.05 Å². The largest absolute Gasteiger partial charge is 0.394 e. The van der Waals surface area contributed by atoms with Crippen molar-refractivity contribution in [3.63, 3.8) is 0 Å². The molecule has 1 unspecified atom stereocenters. The van der Waals surface area contributed by atoms with Crippen LogP contribution in [0.5, 0.6) is 0 Å². The Hall–Kier alpha value is -1.92. The fraction of sp³-hybridized carbons (Fsp3) is 0.385. The second-order valence-electron chi connectivity index (χ2n) is 4.55. The molecule has 19 heavy (non-hydrogen) atoms. The molecule has 0 saturated carbocycles. The van der Waals surface area contributed by atoms with Crippen LogP contribution in [-0.4, -0.2) is 48.6 Å². The summed E-state index contributed by atoms with van der Waals surface area (Å²) in [5.41, 5.74) is 7.29. The fourth-order valence-corrected chi connectivity index (χ4v) is 2.09. The lowest BCUT2D eigenvalue weighted by Gasteiger charge is -2.33. The molecule has 1 aromatic rings. The SMILES string of the molecule is CN1C(=O)CN(c2ccccc2C(N)CO)CC1=O. The van der Waals surface area contributed by atoms with Crippen molar-refractivity contribution in [2.24, 2.45) is 5.73 Å². The van der Waals surface area contributed by atoms with Crippen molar-refractivity contribution in [2.45, 2.75) is 6.04 Å². The summed E-state index contributed by atoms with van der Waals surface area (Å²) in [6.07, 6.45) is 0. The van der Waals surface area contributed by atoms with Crippen LogP contribution in [0.1, 0.15) is 11.6 Å². The fourth-order valence-electron chi connectivity index (χ4n) is 2.09. The number of rotatable bonds is 3. The molecule has 1 fully saturated rings. The summed E-state index contributed by atoms with van der Waals surface area (Å²) in [6, 6.07) is 6.70. The first kappa shape index (κ1) is 13.5. The number of nitrogens with two attached hydrogens (primary N) is 1. The lowest BCUT2D eigenvalue weighted by atomic mass is 10.0. The van der Waals surface area contributed by atoms with Crippen LogP contribution < -0.4 is 10.6 Å². The van der Waals surface area contributed by atoms with Crippen LogP contribution in [0.15, 0.2) is 24.3 Å². The van der Waals surface area contributed by atoms with Gasteiger partial charge in [-0.05, 0) is 11.6 Å². The number of amides is 2. The number of benzene rings is 1. The van der Waals surface area contributed by atoms with Crippen LogP contribution in [0, 0.1) is 0 Å². The highest BCUT2D eigenvalue weighted by atomic mass is 16.3. The van der Waals surface area contributed by atoms with Crippen LogP contribution in [0.25, 0.3) is 0 Å². The molecular weight excluding hydrogens is 246 g/mol. The van der Waals surface area contributed by atoms with E-state index >= 15 is 0 Å². The van der Waals surface area contributed by atoms with E-state index in [1.54, 1.807) is 17.0 Å². The average Bonchev–Trinajstić information content (AvgIpc) is 2.43. The standard InChI is InChI=1S/C13H17N3O3/c1-15-12(18)6-16(7-13(15)19)11-5-3-2-4-9(11)10(14)8-17/h2-5,10,17H,6-8,14H2,1H3. The second-order valence-corrected chi connectivity index (χ2v) is 4.55. The van der Waals surface area contributed by atoms with E-state index in [-0.39, 0.29) is 31.5 Å². The van der Waals surface area contributed by atoms with Crippen LogP contribution in [0.3, 0.4) is 0 Å². The minimum Gasteiger partial charge on any atom is -0.394 e. The van der Waals surface area contributed by atoms with Gasteiger partial charge in [0.2, 0.25) is 11.8 Å². The third kappa shape index (κ3) is 2.59. The van der Waals surface area contributed by atoms with Gasteiger partial charge in [0.25, 0.3) is 0 Å². The van der Waals surface area contributed by atoms with Gasteiger partial charge in [-0.15, -0.1) is 0 Å². The molecule has 6 nitrogen and oxygen atoms in total. The molecule has 102 valence electrons. The zero-order chi connectivity index (χ0) is 14.0. The number of para-hydroxylation sites is 1. The zero-order valence-electron chi connectivity index (χ0n) is 10.7. The van der Waals surface area contributed by atoms with Crippen molar-refractivity contribution in [1.29, 1.82) is 0 Å². The van der Waals surface area contributed by atoms with E-state index in [2.05, 4.69) is 0 Å². The second kappa shape index (κ2) is 5.38. The van der Waals surface area contributed by atoms with Crippen molar-refractivity contribution in [3.8, 4) is 0 Å². The maximum absolute atomic E-state index is 11.7. The highest BCUT2D eigenvalue weighted by molar-refractivity contribution is 6.02. The average molecular weight is 263 g/mol. The molecule has 0 radical (unpaired) electrons. The Morgan fingerprint density at radius 3 is 2.42 bits per heavy atom. The van der Waals surface area contributed by atoms with E-state index in [9.17, 15) is 14.7 Å². The number of carbonyl (C=O) groups is 2. The monoisotopic (exact) mass is 263 g/mol. The van der Waals surface area contributed by atoms with Crippen LogP contribution >= 0.6 is 0 Å². The molecule has 0 spiro atoms. The molecule has 1 aromatic carbocycles. The molecule has 1 saturated heterocycles. The van der Waals surface area contributed by atoms with Gasteiger partial charge in [0.05, 0.1) is 25.7 Å². The number of carbonyl (C=O) groups excluding carboxylic acids is 2. The molecule has 1 aliphatic rings. The van der Waals surface area contributed by atoms with Gasteiger partial charge in [-0.2, -0.15) is 0 Å². The van der Waals surface area contributed by atoms with E-state index in [4.69, 9.17) is 5.73 Å². The van der Waals surface area contributed by atoms with Gasteiger partial charge in [0.15, 0.2) is 0 Å². The quantitative estimate of drug-likeness (QED) is 0.717. The first-order chi connectivity index (χ1) is 9.04. The summed E-state index contributed by atoms with van der Waals surface area (Å²) in [7, 11) is 1.48. The smallest absolute Gasteiger partial charge is 0.248 e. The Balaban J connectivity index is 2.32. The van der Waals surface area contributed by atoms with Gasteiger partial charge in [0.1, 0.15) is 0 Å². The third-order valence-corrected chi connectivity index (χ3v) is 3.27. The summed E-state index contributed by atoms with van der Waals surface area (Å²) >= 11 is 0. The number of anilines is 1. The summed E-state index contributed by atoms with van der Waals surface area (Å²) in [5.74, 6) is -0.493. The van der Waals surface area contributed by atoms with Gasteiger partial charge in [-0.25, -0.2) is 0 Å². The Morgan fingerprint density at radius 1 is 1.26 bits per heavy atom. The molecular formula is C13H17N3O3. The molecule has 0 bridgehead atoms. The number of hydrogen-bond donors (Lipinski definition) is 2. The summed E-state index contributed by atoms with van der Waals surface area (Å²) < 4.78 is 0. The first-order valence-corrected chi connectivity index (χ1v) is 6.04. The topological polar surface area (TPSA) is 86.9 Å². The van der Waals surface area contributed by atoms with Crippen molar-refractivity contribution in [2.75, 3.05) is 31.6 Å². The number of hydrogen-bond acceptors (Lipinski definition) is 5. The van der Waals surface area contributed by atoms with Crippen LogP contribution in [0.2, 0.25) is 0 Å². The molecule has 0 aromatic heterocycles. The maximum Gasteiger partial charge on any atom is 0.248 e. The number of aliphatic hydroxyl groups is 1. The Morgan fingerprint density at radius 2 is 1.84 bits per heavy atom. The van der Waals surface area contributed by atoms with Gasteiger partial charge in [-0.1, -0.05) is 18.2 Å². The third-order valence-electron chi connectivity index (χ3n) is 3.27. The van der Waals surface area contributed by atoms with E-state index in [1.807, 2.05) is 12.1 Å². The number of likely N-dealkylation sites (N-methyl/N-ethyl adjacent to an activating group) is 1. The van der Waals surface area contributed by atoms with Gasteiger partial charge < -0.3 is 15.7 Å². The van der Waals surface area contributed by atoms with Crippen LogP contribution in [-0.2, 0) is 9.59 Å². The minimum atomic E-state index is -0.527. The molecule has 2 rings (SSSR count). The van der Waals surface area contributed by atoms with E-state index < -0.39 is 6.04 Å². The molecule has 3 N–H and O–H groups in total. The zero-order valence-corrected chi connectivity index (χ0v) is 10.7. The van der Waals surface area contributed by atoms with Crippen molar-refractivity contribution >= 4 is 17.5 Å². The summed E-state index contributed by atoms with van der Waals surface area (Å²) in [6.45, 7) is 0.0848. The highest BCUT2D eigenvalue weighted by Gasteiger charge is 2.29. The first-order valence-electron chi connectivity index (χ1n) is 6.04. The molecule has 1 atom stereocenters. The normalized spacial score (nSPS) is 17.8. The molecule has 0 aliphatic carbocycles. The number of imide groups is 1. The molecule has 2 amide bonds. The van der Waals surface area contributed by atoms with Gasteiger partial charge in [-0.3, -0.25) is 14.5 Å². The summed E-state index contributed by atoms with van der Waals surface area (Å²) in [5, 5.41) is 9.17. The molecule has 1 aliphatic heterocycles. The predicted octanol–water partition coefficient (Wildman–Crippen LogP) is -0.516. The Labute approximate surface area is 111 Å². The molecule has 1 heterocycles. The van der Waals surface area contributed by atoms with Crippen LogP contribution in [0.4, 0.5) is 5.69 Å². The van der Waals surface area contributed by atoms with Crippen molar-refractivity contribution in [3.05, 3.63) is 29.8 Å². The van der Waals surface area contributed by atoms with E-state index in [0.29, 0.717) is 0 Å². The van der Waals surface area contributed by atoms with Crippen molar-refractivity contribution < 1.29 is 14.7 Å².